The fourth-order valence-electron chi connectivity index (χ4n) is 1.35. The van der Waals surface area contributed by atoms with Gasteiger partial charge in [-0.3, -0.25) is 4.79 Å². The zero-order valence-electron chi connectivity index (χ0n) is 11.2. The standard InChI is InChI=1S/C8H12N2.C7H7NO/c1-10(2)8-5-3-7(9)4-6-8;8-7-3-1-6(5-9)2-4-7/h3-6H,9H2,1-2H3;1-5H,8H2. The van der Waals surface area contributed by atoms with E-state index in [-0.39, 0.29) is 0 Å². The van der Waals surface area contributed by atoms with E-state index in [0.717, 1.165) is 12.0 Å². The van der Waals surface area contributed by atoms with Crippen molar-refractivity contribution in [2.24, 2.45) is 0 Å². The summed E-state index contributed by atoms with van der Waals surface area (Å²) in [6, 6.07) is 14.5. The molecular formula is C15H19N3O. The minimum atomic E-state index is 0.657. The van der Waals surface area contributed by atoms with Crippen LogP contribution in [0.25, 0.3) is 0 Å². The van der Waals surface area contributed by atoms with Crippen LogP contribution < -0.4 is 16.4 Å². The summed E-state index contributed by atoms with van der Waals surface area (Å²) in [6.07, 6.45) is 0.791. The van der Waals surface area contributed by atoms with Crippen molar-refractivity contribution >= 4 is 23.3 Å². The molecule has 2 aromatic rings. The number of aldehydes is 1. The van der Waals surface area contributed by atoms with E-state index in [9.17, 15) is 4.79 Å². The molecule has 0 spiro atoms. The van der Waals surface area contributed by atoms with E-state index >= 15 is 0 Å². The smallest absolute Gasteiger partial charge is 0.150 e. The van der Waals surface area contributed by atoms with Crippen LogP contribution in [0.3, 0.4) is 0 Å². The topological polar surface area (TPSA) is 72.3 Å². The third-order valence-electron chi connectivity index (χ3n) is 2.48. The summed E-state index contributed by atoms with van der Waals surface area (Å²) in [5, 5.41) is 0. The number of rotatable bonds is 2. The van der Waals surface area contributed by atoms with Crippen molar-refractivity contribution in [2.75, 3.05) is 30.5 Å². The van der Waals surface area contributed by atoms with Crippen molar-refractivity contribution in [3.8, 4) is 0 Å². The second kappa shape index (κ2) is 7.06. The normalized spacial score (nSPS) is 9.16. The molecule has 0 saturated heterocycles. The first-order chi connectivity index (χ1) is 9.02. The van der Waals surface area contributed by atoms with Gasteiger partial charge in [-0.15, -0.1) is 0 Å². The molecule has 19 heavy (non-hydrogen) atoms. The first kappa shape index (κ1) is 14.6. The first-order valence-electron chi connectivity index (χ1n) is 5.86. The third-order valence-corrected chi connectivity index (χ3v) is 2.48. The zero-order valence-corrected chi connectivity index (χ0v) is 11.2. The van der Waals surface area contributed by atoms with Gasteiger partial charge < -0.3 is 16.4 Å². The number of nitrogens with two attached hydrogens (primary N) is 2. The van der Waals surface area contributed by atoms with Crippen molar-refractivity contribution in [3.63, 3.8) is 0 Å². The van der Waals surface area contributed by atoms with E-state index < -0.39 is 0 Å². The van der Waals surface area contributed by atoms with Crippen molar-refractivity contribution in [3.05, 3.63) is 54.1 Å². The molecule has 2 aromatic carbocycles. The number of benzene rings is 2. The predicted octanol–water partition coefficient (Wildman–Crippen LogP) is 2.42. The van der Waals surface area contributed by atoms with Gasteiger partial charge in [0.15, 0.2) is 0 Å². The van der Waals surface area contributed by atoms with Gasteiger partial charge in [0, 0.05) is 36.7 Å². The Labute approximate surface area is 113 Å². The van der Waals surface area contributed by atoms with Gasteiger partial charge in [-0.2, -0.15) is 0 Å². The van der Waals surface area contributed by atoms with Gasteiger partial charge in [-0.05, 0) is 48.5 Å². The lowest BCUT2D eigenvalue weighted by Gasteiger charge is -2.11. The SMILES string of the molecule is CN(C)c1ccc(N)cc1.Nc1ccc(C=O)cc1. The molecule has 0 amide bonds. The Bertz CT molecular complexity index is 504. The maximum absolute atomic E-state index is 10.1. The summed E-state index contributed by atoms with van der Waals surface area (Å²) in [6.45, 7) is 0. The first-order valence-corrected chi connectivity index (χ1v) is 5.86. The molecule has 0 radical (unpaired) electrons. The molecule has 0 atom stereocenters. The highest BCUT2D eigenvalue weighted by atomic mass is 16.1. The van der Waals surface area contributed by atoms with E-state index in [1.165, 1.54) is 5.69 Å². The molecular weight excluding hydrogens is 238 g/mol. The second-order valence-electron chi connectivity index (χ2n) is 4.27. The van der Waals surface area contributed by atoms with Crippen molar-refractivity contribution in [2.45, 2.75) is 0 Å². The average molecular weight is 257 g/mol. The van der Waals surface area contributed by atoms with Crippen LogP contribution in [0.15, 0.2) is 48.5 Å². The van der Waals surface area contributed by atoms with Crippen LogP contribution in [-0.2, 0) is 0 Å². The van der Waals surface area contributed by atoms with E-state index in [1.54, 1.807) is 24.3 Å². The van der Waals surface area contributed by atoms with Gasteiger partial charge in [-0.25, -0.2) is 0 Å². The van der Waals surface area contributed by atoms with Crippen LogP contribution in [0.4, 0.5) is 17.1 Å². The zero-order chi connectivity index (χ0) is 14.3. The molecule has 0 saturated carbocycles. The Hall–Kier alpha value is -2.49. The maximum Gasteiger partial charge on any atom is 0.150 e. The van der Waals surface area contributed by atoms with Crippen LogP contribution in [0.1, 0.15) is 10.4 Å². The van der Waals surface area contributed by atoms with Gasteiger partial charge in [0.25, 0.3) is 0 Å². The molecule has 0 aliphatic rings. The molecule has 4 N–H and O–H groups in total. The third kappa shape index (κ3) is 5.12. The summed E-state index contributed by atoms with van der Waals surface area (Å²) < 4.78 is 0. The molecule has 0 aliphatic heterocycles. The Morgan fingerprint density at radius 1 is 0.842 bits per heavy atom. The summed E-state index contributed by atoms with van der Waals surface area (Å²) in [5.41, 5.74) is 14.2. The quantitative estimate of drug-likeness (QED) is 0.640. The van der Waals surface area contributed by atoms with Crippen LogP contribution in [0.2, 0.25) is 0 Å². The highest BCUT2D eigenvalue weighted by molar-refractivity contribution is 5.75. The number of nitrogens with zero attached hydrogens (tertiary/aromatic N) is 1. The maximum atomic E-state index is 10.1. The minimum absolute atomic E-state index is 0.657. The van der Waals surface area contributed by atoms with Crippen LogP contribution >= 0.6 is 0 Å². The summed E-state index contributed by atoms with van der Waals surface area (Å²) >= 11 is 0. The number of carbonyl (C=O) groups is 1. The number of nitrogen functional groups attached to an aromatic ring is 2. The fraction of sp³-hybridized carbons (Fsp3) is 0.133. The van der Waals surface area contributed by atoms with E-state index in [4.69, 9.17) is 11.5 Å². The molecule has 0 bridgehead atoms. The van der Waals surface area contributed by atoms with Crippen molar-refractivity contribution in [1.29, 1.82) is 0 Å². The second-order valence-corrected chi connectivity index (χ2v) is 4.27. The molecule has 100 valence electrons. The van der Waals surface area contributed by atoms with Crippen LogP contribution in [0.5, 0.6) is 0 Å². The van der Waals surface area contributed by atoms with Gasteiger partial charge >= 0.3 is 0 Å². The summed E-state index contributed by atoms with van der Waals surface area (Å²) in [4.78, 5) is 12.1. The minimum Gasteiger partial charge on any atom is -0.399 e. The van der Waals surface area contributed by atoms with Crippen molar-refractivity contribution in [1.82, 2.24) is 0 Å². The molecule has 4 nitrogen and oxygen atoms in total. The highest BCUT2D eigenvalue weighted by Gasteiger charge is 1.91. The molecule has 4 heteroatoms. The molecule has 2 rings (SSSR count). The lowest BCUT2D eigenvalue weighted by molar-refractivity contribution is 0.112. The average Bonchev–Trinajstić information content (AvgIpc) is 2.41. The molecule has 0 heterocycles. The van der Waals surface area contributed by atoms with Gasteiger partial charge in [0.05, 0.1) is 0 Å². The van der Waals surface area contributed by atoms with E-state index in [1.807, 2.05) is 43.3 Å². The highest BCUT2D eigenvalue weighted by Crippen LogP contribution is 2.12. The number of hydrogen-bond donors (Lipinski definition) is 2. The fourth-order valence-corrected chi connectivity index (χ4v) is 1.35. The van der Waals surface area contributed by atoms with Gasteiger partial charge in [0.2, 0.25) is 0 Å². The van der Waals surface area contributed by atoms with Crippen LogP contribution in [0, 0.1) is 0 Å². The van der Waals surface area contributed by atoms with Crippen LogP contribution in [-0.4, -0.2) is 20.4 Å². The monoisotopic (exact) mass is 257 g/mol. The number of carbonyl (C=O) groups excluding carboxylic acids is 1. The lowest BCUT2D eigenvalue weighted by atomic mass is 10.2. The van der Waals surface area contributed by atoms with Crippen molar-refractivity contribution < 1.29 is 4.79 Å². The lowest BCUT2D eigenvalue weighted by Crippen LogP contribution is -2.08. The largest absolute Gasteiger partial charge is 0.399 e. The summed E-state index contributed by atoms with van der Waals surface area (Å²) in [5.74, 6) is 0. The number of anilines is 3. The molecule has 0 fully saturated rings. The van der Waals surface area contributed by atoms with Gasteiger partial charge in [0.1, 0.15) is 6.29 Å². The molecule has 0 unspecified atom stereocenters. The van der Waals surface area contributed by atoms with E-state index in [0.29, 0.717) is 11.3 Å². The molecule has 0 aromatic heterocycles. The summed E-state index contributed by atoms with van der Waals surface area (Å²) in [7, 11) is 4.01. The molecule has 0 aliphatic carbocycles. The number of hydrogen-bond acceptors (Lipinski definition) is 4. The van der Waals surface area contributed by atoms with Gasteiger partial charge in [-0.1, -0.05) is 0 Å². The Balaban J connectivity index is 0.000000191. The Kier molecular flexibility index (Phi) is 5.41. The predicted molar refractivity (Wildman–Crippen MR) is 81.4 cm³/mol. The van der Waals surface area contributed by atoms with E-state index in [2.05, 4.69) is 0 Å². The Morgan fingerprint density at radius 2 is 1.26 bits per heavy atom. The Morgan fingerprint density at radius 3 is 1.63 bits per heavy atom.